The van der Waals surface area contributed by atoms with Crippen LogP contribution in [0.25, 0.3) is 0 Å². The standard InChI is InChI=1S/C24H23NO4S/c1-2-27-20-11-7-6-10-19(20)25-24(26)23(17-8-4-3-5-9-17)30-18-12-13-21-22(16-18)29-15-14-28-21/h3-13,16,23H,2,14-15H2,1H3,(H,25,26)/t23-/m0/s1. The summed E-state index contributed by atoms with van der Waals surface area (Å²) >= 11 is 1.47. The first-order valence-corrected chi connectivity index (χ1v) is 10.8. The van der Waals surface area contributed by atoms with Crippen LogP contribution in [0, 0.1) is 0 Å². The SMILES string of the molecule is CCOc1ccccc1NC(=O)[C@@H](Sc1ccc2c(c1)OCCO2)c1ccccc1. The van der Waals surface area contributed by atoms with Crippen molar-refractivity contribution < 1.29 is 19.0 Å². The second kappa shape index (κ2) is 9.59. The van der Waals surface area contributed by atoms with Crippen LogP contribution in [0.1, 0.15) is 17.7 Å². The second-order valence-corrected chi connectivity index (χ2v) is 7.81. The maximum Gasteiger partial charge on any atom is 0.242 e. The van der Waals surface area contributed by atoms with Gasteiger partial charge in [-0.05, 0) is 42.8 Å². The van der Waals surface area contributed by atoms with Crippen LogP contribution < -0.4 is 19.5 Å². The highest BCUT2D eigenvalue weighted by Gasteiger charge is 2.24. The van der Waals surface area contributed by atoms with Crippen molar-refractivity contribution >= 4 is 23.4 Å². The minimum absolute atomic E-state index is 0.117. The van der Waals surface area contributed by atoms with E-state index in [1.165, 1.54) is 11.8 Å². The van der Waals surface area contributed by atoms with Gasteiger partial charge in [0.2, 0.25) is 5.91 Å². The van der Waals surface area contributed by atoms with E-state index in [-0.39, 0.29) is 5.91 Å². The molecule has 1 N–H and O–H groups in total. The van der Waals surface area contributed by atoms with E-state index in [0.29, 0.717) is 37.0 Å². The molecule has 0 saturated carbocycles. The number of ether oxygens (including phenoxy) is 3. The molecule has 0 bridgehead atoms. The average molecular weight is 422 g/mol. The molecule has 0 saturated heterocycles. The monoisotopic (exact) mass is 421 g/mol. The van der Waals surface area contributed by atoms with E-state index in [4.69, 9.17) is 14.2 Å². The van der Waals surface area contributed by atoms with Crippen molar-refractivity contribution in [1.29, 1.82) is 0 Å². The fraction of sp³-hybridized carbons (Fsp3) is 0.208. The maximum atomic E-state index is 13.3. The van der Waals surface area contributed by atoms with Crippen LogP contribution in [0.4, 0.5) is 5.69 Å². The van der Waals surface area contributed by atoms with Gasteiger partial charge in [0.25, 0.3) is 0 Å². The molecule has 0 fully saturated rings. The molecule has 5 nitrogen and oxygen atoms in total. The van der Waals surface area contributed by atoms with Gasteiger partial charge < -0.3 is 19.5 Å². The molecule has 154 valence electrons. The van der Waals surface area contributed by atoms with Gasteiger partial charge >= 0.3 is 0 Å². The summed E-state index contributed by atoms with van der Waals surface area (Å²) in [6.07, 6.45) is 0. The van der Waals surface area contributed by atoms with Gasteiger partial charge in [-0.3, -0.25) is 4.79 Å². The van der Waals surface area contributed by atoms with E-state index in [0.717, 1.165) is 16.2 Å². The van der Waals surface area contributed by atoms with Crippen molar-refractivity contribution in [3.63, 3.8) is 0 Å². The van der Waals surface area contributed by atoms with Gasteiger partial charge in [-0.1, -0.05) is 42.5 Å². The summed E-state index contributed by atoms with van der Waals surface area (Å²) in [4.78, 5) is 14.3. The predicted molar refractivity (Wildman–Crippen MR) is 119 cm³/mol. The molecule has 30 heavy (non-hydrogen) atoms. The normalized spacial score (nSPS) is 13.4. The Morgan fingerprint density at radius 1 is 1.00 bits per heavy atom. The van der Waals surface area contributed by atoms with Crippen LogP contribution >= 0.6 is 11.8 Å². The van der Waals surface area contributed by atoms with Gasteiger partial charge in [0.05, 0.1) is 12.3 Å². The highest BCUT2D eigenvalue weighted by molar-refractivity contribution is 8.00. The van der Waals surface area contributed by atoms with E-state index >= 15 is 0 Å². The summed E-state index contributed by atoms with van der Waals surface area (Å²) in [7, 11) is 0. The average Bonchev–Trinajstić information content (AvgIpc) is 2.79. The van der Waals surface area contributed by atoms with Crippen molar-refractivity contribution in [2.24, 2.45) is 0 Å². The number of rotatable bonds is 7. The zero-order chi connectivity index (χ0) is 20.8. The number of hydrogen-bond donors (Lipinski definition) is 1. The molecule has 3 aromatic rings. The zero-order valence-corrected chi connectivity index (χ0v) is 17.5. The smallest absolute Gasteiger partial charge is 0.242 e. The highest BCUT2D eigenvalue weighted by atomic mass is 32.2. The molecule has 1 amide bonds. The third-order valence-corrected chi connectivity index (χ3v) is 5.80. The van der Waals surface area contributed by atoms with E-state index in [9.17, 15) is 4.79 Å². The lowest BCUT2D eigenvalue weighted by molar-refractivity contribution is -0.115. The molecule has 3 aromatic carbocycles. The topological polar surface area (TPSA) is 56.8 Å². The molecule has 0 radical (unpaired) electrons. The van der Waals surface area contributed by atoms with Crippen LogP contribution in [-0.4, -0.2) is 25.7 Å². The van der Waals surface area contributed by atoms with Crippen molar-refractivity contribution in [2.45, 2.75) is 17.1 Å². The van der Waals surface area contributed by atoms with E-state index < -0.39 is 5.25 Å². The summed E-state index contributed by atoms with van der Waals surface area (Å²) in [5, 5.41) is 2.59. The first-order valence-electron chi connectivity index (χ1n) is 9.88. The van der Waals surface area contributed by atoms with Crippen LogP contribution in [0.2, 0.25) is 0 Å². The largest absolute Gasteiger partial charge is 0.492 e. The first kappa shape index (κ1) is 20.2. The molecule has 0 spiro atoms. The Bertz CT molecular complexity index is 1010. The van der Waals surface area contributed by atoms with Gasteiger partial charge in [-0.2, -0.15) is 0 Å². The number of nitrogens with one attached hydrogen (secondary N) is 1. The summed E-state index contributed by atoms with van der Waals surface area (Å²) in [5.74, 6) is 1.98. The summed E-state index contributed by atoms with van der Waals surface area (Å²) < 4.78 is 16.9. The number of hydrogen-bond acceptors (Lipinski definition) is 5. The van der Waals surface area contributed by atoms with Gasteiger partial charge in [-0.25, -0.2) is 0 Å². The Hall–Kier alpha value is -3.12. The number of thioether (sulfide) groups is 1. The lowest BCUT2D eigenvalue weighted by Gasteiger charge is -2.21. The molecule has 1 aliphatic heterocycles. The van der Waals surface area contributed by atoms with Crippen LogP contribution in [-0.2, 0) is 4.79 Å². The Balaban J connectivity index is 1.60. The minimum atomic E-state index is -0.441. The Kier molecular flexibility index (Phi) is 6.44. The van der Waals surface area contributed by atoms with Crippen LogP contribution in [0.3, 0.4) is 0 Å². The third-order valence-electron chi connectivity index (χ3n) is 4.55. The number of anilines is 1. The van der Waals surface area contributed by atoms with Crippen molar-refractivity contribution in [3.05, 3.63) is 78.4 Å². The van der Waals surface area contributed by atoms with Gasteiger partial charge in [0.1, 0.15) is 24.2 Å². The number of benzene rings is 3. The molecule has 1 heterocycles. The second-order valence-electron chi connectivity index (χ2n) is 6.63. The Labute approximate surface area is 180 Å². The zero-order valence-electron chi connectivity index (χ0n) is 16.7. The summed E-state index contributed by atoms with van der Waals surface area (Å²) in [5.41, 5.74) is 1.58. The minimum Gasteiger partial charge on any atom is -0.492 e. The number of para-hydroxylation sites is 2. The summed E-state index contributed by atoms with van der Waals surface area (Å²) in [6.45, 7) is 3.52. The quantitative estimate of drug-likeness (QED) is 0.523. The summed E-state index contributed by atoms with van der Waals surface area (Å²) in [6, 6.07) is 23.0. The molecular formula is C24H23NO4S. The first-order chi connectivity index (χ1) is 14.7. The lowest BCUT2D eigenvalue weighted by atomic mass is 10.1. The molecule has 0 unspecified atom stereocenters. The van der Waals surface area contributed by atoms with E-state index in [1.807, 2.05) is 79.7 Å². The predicted octanol–water partition coefficient (Wildman–Crippen LogP) is 5.33. The number of carbonyl (C=O) groups excluding carboxylic acids is 1. The van der Waals surface area contributed by atoms with E-state index in [1.54, 1.807) is 0 Å². The van der Waals surface area contributed by atoms with Gasteiger partial charge in [0, 0.05) is 4.90 Å². The Morgan fingerprint density at radius 2 is 1.73 bits per heavy atom. The van der Waals surface area contributed by atoms with Crippen LogP contribution in [0.15, 0.2) is 77.7 Å². The number of amides is 1. The lowest BCUT2D eigenvalue weighted by Crippen LogP contribution is -2.19. The van der Waals surface area contributed by atoms with E-state index in [2.05, 4.69) is 5.32 Å². The molecule has 4 rings (SSSR count). The number of carbonyl (C=O) groups is 1. The Morgan fingerprint density at radius 3 is 2.53 bits per heavy atom. The molecule has 0 aromatic heterocycles. The molecule has 1 aliphatic rings. The van der Waals surface area contributed by atoms with Crippen molar-refractivity contribution in [2.75, 3.05) is 25.1 Å². The van der Waals surface area contributed by atoms with Crippen molar-refractivity contribution in [1.82, 2.24) is 0 Å². The molecule has 6 heteroatoms. The highest BCUT2D eigenvalue weighted by Crippen LogP contribution is 2.41. The fourth-order valence-corrected chi connectivity index (χ4v) is 4.24. The maximum absolute atomic E-state index is 13.3. The molecule has 1 atom stereocenters. The molecular weight excluding hydrogens is 398 g/mol. The molecule has 0 aliphatic carbocycles. The van der Waals surface area contributed by atoms with Gasteiger partial charge in [0.15, 0.2) is 11.5 Å². The third kappa shape index (κ3) is 4.71. The van der Waals surface area contributed by atoms with Crippen LogP contribution in [0.5, 0.6) is 17.2 Å². The fourth-order valence-electron chi connectivity index (χ4n) is 3.18. The van der Waals surface area contributed by atoms with Crippen molar-refractivity contribution in [3.8, 4) is 17.2 Å². The number of fused-ring (bicyclic) bond motifs is 1. The van der Waals surface area contributed by atoms with Gasteiger partial charge in [-0.15, -0.1) is 11.8 Å².